The lowest BCUT2D eigenvalue weighted by Crippen LogP contribution is -1.99. The second kappa shape index (κ2) is 3.12. The molecule has 0 fully saturated rings. The minimum atomic E-state index is -1.53. The van der Waals surface area contributed by atoms with Gasteiger partial charge in [0.05, 0.1) is 0 Å². The van der Waals surface area contributed by atoms with Gasteiger partial charge < -0.3 is 5.73 Å². The van der Waals surface area contributed by atoms with Crippen LogP contribution in [-0.2, 0) is 0 Å². The van der Waals surface area contributed by atoms with Gasteiger partial charge >= 0.3 is 0 Å². The number of hydrogen-bond acceptors (Lipinski definition) is 2. The monoisotopic (exact) mass is 212 g/mol. The molecule has 78 valence electrons. The number of aryl methyl sites for hydroxylation is 1. The molecule has 0 saturated carbocycles. The van der Waals surface area contributed by atoms with Crippen LogP contribution < -0.4 is 5.73 Å². The summed E-state index contributed by atoms with van der Waals surface area (Å²) >= 11 is 0. The van der Waals surface area contributed by atoms with E-state index in [1.165, 1.54) is 6.07 Å². The van der Waals surface area contributed by atoms with Crippen molar-refractivity contribution in [1.29, 1.82) is 0 Å². The first kappa shape index (κ1) is 9.76. The maximum absolute atomic E-state index is 13.3. The second-order valence-electron chi connectivity index (χ2n) is 3.24. The molecule has 0 atom stereocenters. The Kier molecular flexibility index (Phi) is 2.03. The molecule has 0 saturated heterocycles. The minimum Gasteiger partial charge on any atom is -0.398 e. The van der Waals surface area contributed by atoms with E-state index in [4.69, 9.17) is 5.73 Å². The number of nitrogens with two attached hydrogens (primary N) is 1. The maximum atomic E-state index is 13.3. The van der Waals surface area contributed by atoms with Crippen LogP contribution in [0.4, 0.5) is 18.9 Å². The van der Waals surface area contributed by atoms with E-state index in [1.807, 2.05) is 0 Å². The number of aromatic nitrogens is 1. The van der Waals surface area contributed by atoms with Crippen LogP contribution in [0, 0.1) is 24.4 Å². The van der Waals surface area contributed by atoms with E-state index in [2.05, 4.69) is 4.98 Å². The highest BCUT2D eigenvalue weighted by molar-refractivity contribution is 5.90. The molecule has 0 unspecified atom stereocenters. The average Bonchev–Trinajstić information content (AvgIpc) is 2.17. The average molecular weight is 212 g/mol. The molecule has 0 radical (unpaired) electrons. The van der Waals surface area contributed by atoms with Crippen molar-refractivity contribution < 1.29 is 13.2 Å². The molecule has 5 heteroatoms. The van der Waals surface area contributed by atoms with E-state index in [0.29, 0.717) is 5.69 Å². The zero-order valence-corrected chi connectivity index (χ0v) is 7.81. The Morgan fingerprint density at radius 2 is 1.80 bits per heavy atom. The minimum absolute atomic E-state index is 0.0806. The van der Waals surface area contributed by atoms with E-state index in [0.717, 1.165) is 6.07 Å². The van der Waals surface area contributed by atoms with E-state index in [-0.39, 0.29) is 16.6 Å². The largest absolute Gasteiger partial charge is 0.398 e. The zero-order chi connectivity index (χ0) is 11.2. The predicted molar refractivity (Wildman–Crippen MR) is 50.8 cm³/mol. The Morgan fingerprint density at radius 3 is 2.47 bits per heavy atom. The van der Waals surface area contributed by atoms with Crippen LogP contribution in [0.5, 0.6) is 0 Å². The van der Waals surface area contributed by atoms with Crippen LogP contribution in [0.3, 0.4) is 0 Å². The van der Waals surface area contributed by atoms with Crippen LogP contribution in [-0.4, -0.2) is 4.98 Å². The van der Waals surface area contributed by atoms with Crippen molar-refractivity contribution in [3.05, 3.63) is 35.3 Å². The van der Waals surface area contributed by atoms with Gasteiger partial charge in [-0.25, -0.2) is 18.2 Å². The first-order valence-corrected chi connectivity index (χ1v) is 4.21. The van der Waals surface area contributed by atoms with Crippen molar-refractivity contribution >= 4 is 16.6 Å². The summed E-state index contributed by atoms with van der Waals surface area (Å²) in [7, 11) is 0. The van der Waals surface area contributed by atoms with Gasteiger partial charge in [0, 0.05) is 16.8 Å². The smallest absolute Gasteiger partial charge is 0.196 e. The molecule has 0 spiro atoms. The normalized spacial score (nSPS) is 10.9. The summed E-state index contributed by atoms with van der Waals surface area (Å²) in [6, 6.07) is 2.31. The lowest BCUT2D eigenvalue weighted by atomic mass is 10.1. The summed E-state index contributed by atoms with van der Waals surface area (Å²) in [5.41, 5.74) is 5.93. The van der Waals surface area contributed by atoms with E-state index in [1.54, 1.807) is 6.92 Å². The molecule has 0 aliphatic rings. The van der Waals surface area contributed by atoms with Crippen molar-refractivity contribution in [3.63, 3.8) is 0 Å². The zero-order valence-electron chi connectivity index (χ0n) is 7.81. The molecule has 2 nitrogen and oxygen atoms in total. The van der Waals surface area contributed by atoms with Crippen molar-refractivity contribution in [2.24, 2.45) is 0 Å². The Morgan fingerprint density at radius 1 is 1.13 bits per heavy atom. The summed E-state index contributed by atoms with van der Waals surface area (Å²) in [5.74, 6) is -4.10. The van der Waals surface area contributed by atoms with Crippen molar-refractivity contribution in [2.75, 3.05) is 5.73 Å². The molecule has 1 aromatic carbocycles. The van der Waals surface area contributed by atoms with Crippen molar-refractivity contribution in [3.8, 4) is 0 Å². The number of rotatable bonds is 0. The predicted octanol–water partition coefficient (Wildman–Crippen LogP) is 2.54. The third kappa shape index (κ3) is 1.40. The van der Waals surface area contributed by atoms with Crippen LogP contribution in [0.2, 0.25) is 0 Å². The fraction of sp³-hybridized carbons (Fsp3) is 0.100. The van der Waals surface area contributed by atoms with Gasteiger partial charge in [0.1, 0.15) is 5.52 Å². The van der Waals surface area contributed by atoms with Crippen LogP contribution in [0.15, 0.2) is 12.1 Å². The third-order valence-electron chi connectivity index (χ3n) is 2.10. The topological polar surface area (TPSA) is 38.9 Å². The summed E-state index contributed by atoms with van der Waals surface area (Å²) in [6.45, 7) is 1.59. The van der Waals surface area contributed by atoms with Gasteiger partial charge in [-0.3, -0.25) is 0 Å². The molecule has 15 heavy (non-hydrogen) atoms. The van der Waals surface area contributed by atoms with Crippen molar-refractivity contribution in [2.45, 2.75) is 6.92 Å². The maximum Gasteiger partial charge on any atom is 0.196 e. The molecule has 2 aromatic rings. The fourth-order valence-electron chi connectivity index (χ4n) is 1.43. The first-order chi connectivity index (χ1) is 7.00. The lowest BCUT2D eigenvalue weighted by molar-refractivity contribution is 0.452. The van der Waals surface area contributed by atoms with Crippen LogP contribution in [0.25, 0.3) is 10.9 Å². The Labute approximate surface area is 83.5 Å². The number of benzene rings is 1. The lowest BCUT2D eigenvalue weighted by Gasteiger charge is -2.05. The number of hydrogen-bond donors (Lipinski definition) is 1. The quantitative estimate of drug-likeness (QED) is 0.681. The summed E-state index contributed by atoms with van der Waals surface area (Å²) in [5, 5.41) is 0.0806. The van der Waals surface area contributed by atoms with Gasteiger partial charge in [-0.15, -0.1) is 0 Å². The molecule has 0 aliphatic carbocycles. The number of nitrogen functional groups attached to an aromatic ring is 1. The summed E-state index contributed by atoms with van der Waals surface area (Å²) in [4.78, 5) is 3.78. The van der Waals surface area contributed by atoms with E-state index >= 15 is 0 Å². The Bertz CT molecular complexity index is 552. The van der Waals surface area contributed by atoms with E-state index in [9.17, 15) is 13.2 Å². The van der Waals surface area contributed by atoms with Gasteiger partial charge in [0.15, 0.2) is 17.5 Å². The van der Waals surface area contributed by atoms with Gasteiger partial charge in [-0.05, 0) is 19.1 Å². The molecule has 2 rings (SSSR count). The molecule has 1 heterocycles. The van der Waals surface area contributed by atoms with Gasteiger partial charge in [0.25, 0.3) is 0 Å². The SMILES string of the molecule is Cc1cc(N)c2cc(F)c(F)c(F)c2n1. The number of nitrogens with zero attached hydrogens (tertiary/aromatic N) is 1. The number of anilines is 1. The molecular formula is C10H7F3N2. The van der Waals surface area contributed by atoms with Gasteiger partial charge in [0.2, 0.25) is 0 Å². The van der Waals surface area contributed by atoms with Crippen LogP contribution >= 0.6 is 0 Å². The molecular weight excluding hydrogens is 205 g/mol. The Balaban J connectivity index is 2.98. The van der Waals surface area contributed by atoms with Crippen molar-refractivity contribution in [1.82, 2.24) is 4.98 Å². The van der Waals surface area contributed by atoms with Gasteiger partial charge in [-0.2, -0.15) is 0 Å². The van der Waals surface area contributed by atoms with Gasteiger partial charge in [-0.1, -0.05) is 0 Å². The fourth-order valence-corrected chi connectivity index (χ4v) is 1.43. The highest BCUT2D eigenvalue weighted by Crippen LogP contribution is 2.26. The first-order valence-electron chi connectivity index (χ1n) is 4.21. The number of halogens is 3. The molecule has 0 bridgehead atoms. The third-order valence-corrected chi connectivity index (χ3v) is 2.10. The number of pyridine rings is 1. The molecule has 0 amide bonds. The van der Waals surface area contributed by atoms with Crippen LogP contribution in [0.1, 0.15) is 5.69 Å². The van der Waals surface area contributed by atoms with E-state index < -0.39 is 17.5 Å². The summed E-state index contributed by atoms with van der Waals surface area (Å²) < 4.78 is 39.1. The molecule has 0 aliphatic heterocycles. The summed E-state index contributed by atoms with van der Waals surface area (Å²) in [6.07, 6.45) is 0. The Hall–Kier alpha value is -1.78. The highest BCUT2D eigenvalue weighted by Gasteiger charge is 2.16. The molecule has 1 aromatic heterocycles. The standard InChI is InChI=1S/C10H7F3N2/c1-4-2-7(14)5-3-6(11)8(12)9(13)10(5)15-4/h2-3H,1H3,(H2,14,15). The highest BCUT2D eigenvalue weighted by atomic mass is 19.2. The second-order valence-corrected chi connectivity index (χ2v) is 3.24. The molecule has 2 N–H and O–H groups in total. The number of fused-ring (bicyclic) bond motifs is 1.